The number of piperidine rings is 1. The first-order chi connectivity index (χ1) is 16.9. The summed E-state index contributed by atoms with van der Waals surface area (Å²) in [5.74, 6) is 0.703. The Morgan fingerprint density at radius 3 is 2.22 bits per heavy atom. The van der Waals surface area contributed by atoms with E-state index in [-0.39, 0.29) is 24.3 Å². The molecular formula is C24H24F6N4OS. The van der Waals surface area contributed by atoms with Crippen molar-refractivity contribution in [3.05, 3.63) is 81.4 Å². The van der Waals surface area contributed by atoms with Gasteiger partial charge < -0.3 is 9.30 Å². The van der Waals surface area contributed by atoms with Crippen LogP contribution in [0.15, 0.2) is 48.5 Å². The van der Waals surface area contributed by atoms with E-state index in [1.807, 2.05) is 30.3 Å². The lowest BCUT2D eigenvalue weighted by Gasteiger charge is -2.41. The third kappa shape index (κ3) is 5.98. The Morgan fingerprint density at radius 2 is 1.67 bits per heavy atom. The van der Waals surface area contributed by atoms with Gasteiger partial charge in [-0.1, -0.05) is 30.3 Å². The molecule has 2 aromatic carbocycles. The van der Waals surface area contributed by atoms with Gasteiger partial charge in [-0.15, -0.1) is 0 Å². The van der Waals surface area contributed by atoms with Gasteiger partial charge >= 0.3 is 12.4 Å². The molecule has 1 aliphatic rings. The molecule has 0 amide bonds. The van der Waals surface area contributed by atoms with Gasteiger partial charge in [0, 0.05) is 7.05 Å². The zero-order chi connectivity index (χ0) is 26.1. The van der Waals surface area contributed by atoms with Crippen molar-refractivity contribution in [1.82, 2.24) is 19.7 Å². The van der Waals surface area contributed by atoms with Gasteiger partial charge in [0.05, 0.1) is 36.4 Å². The molecule has 194 valence electrons. The van der Waals surface area contributed by atoms with Crippen molar-refractivity contribution < 1.29 is 31.1 Å². The summed E-state index contributed by atoms with van der Waals surface area (Å²) in [5, 5.41) is 7.02. The van der Waals surface area contributed by atoms with Crippen molar-refractivity contribution in [1.29, 1.82) is 0 Å². The summed E-state index contributed by atoms with van der Waals surface area (Å²) >= 11 is 5.20. The molecule has 1 saturated heterocycles. The molecule has 0 aliphatic carbocycles. The number of rotatable bonds is 6. The van der Waals surface area contributed by atoms with Crippen molar-refractivity contribution in [3.63, 3.8) is 0 Å². The number of alkyl halides is 6. The predicted molar refractivity (Wildman–Crippen MR) is 122 cm³/mol. The smallest absolute Gasteiger partial charge is 0.372 e. The fraction of sp³-hybridized carbons (Fsp3) is 0.417. The molecule has 2 atom stereocenters. The zero-order valence-corrected chi connectivity index (χ0v) is 20.1. The van der Waals surface area contributed by atoms with E-state index in [1.165, 1.54) is 0 Å². The van der Waals surface area contributed by atoms with E-state index < -0.39 is 29.6 Å². The second kappa shape index (κ2) is 10.3. The summed E-state index contributed by atoms with van der Waals surface area (Å²) in [6.45, 7) is 0.757. The minimum Gasteiger partial charge on any atom is -0.372 e. The van der Waals surface area contributed by atoms with Crippen LogP contribution in [0.1, 0.15) is 47.0 Å². The molecule has 1 fully saturated rings. The number of aromatic amines is 1. The SMILES string of the molecule is Cn1c(CN2CCC[C@@H](OCc3cc(C(F)(F)F)cc(C(F)(F)F)c3)[C@H]2c2ccccc2)n[nH]c1=S. The van der Waals surface area contributed by atoms with Crippen molar-refractivity contribution in [2.75, 3.05) is 6.54 Å². The lowest BCUT2D eigenvalue weighted by molar-refractivity contribution is -0.143. The highest BCUT2D eigenvalue weighted by molar-refractivity contribution is 7.71. The van der Waals surface area contributed by atoms with Crippen molar-refractivity contribution >= 4 is 12.2 Å². The average Bonchev–Trinajstić information content (AvgIpc) is 3.14. The minimum absolute atomic E-state index is 0.121. The van der Waals surface area contributed by atoms with Crippen LogP contribution >= 0.6 is 12.2 Å². The molecule has 2 heterocycles. The highest BCUT2D eigenvalue weighted by atomic mass is 32.1. The molecule has 3 aromatic rings. The number of hydrogen-bond donors (Lipinski definition) is 1. The Kier molecular flexibility index (Phi) is 7.58. The molecule has 0 spiro atoms. The Morgan fingerprint density at radius 1 is 1.03 bits per heavy atom. The summed E-state index contributed by atoms with van der Waals surface area (Å²) in [6.07, 6.45) is -8.95. The molecule has 0 unspecified atom stereocenters. The first-order valence-corrected chi connectivity index (χ1v) is 11.6. The number of halogens is 6. The van der Waals surface area contributed by atoms with Gasteiger partial charge in [-0.05, 0) is 60.9 Å². The Labute approximate surface area is 208 Å². The summed E-state index contributed by atoms with van der Waals surface area (Å²) in [6, 6.07) is 10.7. The lowest BCUT2D eigenvalue weighted by Crippen LogP contribution is -2.43. The summed E-state index contributed by atoms with van der Waals surface area (Å²) in [5.41, 5.74) is -1.97. The molecule has 1 N–H and O–H groups in total. The topological polar surface area (TPSA) is 46.1 Å². The number of nitrogens with one attached hydrogen (secondary N) is 1. The van der Waals surface area contributed by atoms with Crippen molar-refractivity contribution in [2.24, 2.45) is 7.05 Å². The largest absolute Gasteiger partial charge is 0.416 e. The van der Waals surface area contributed by atoms with Crippen LogP contribution in [0.2, 0.25) is 0 Å². The number of aromatic nitrogens is 3. The summed E-state index contributed by atoms with van der Waals surface area (Å²) in [4.78, 5) is 2.14. The molecule has 0 radical (unpaired) electrons. The van der Waals surface area contributed by atoms with Gasteiger partial charge in [-0.2, -0.15) is 31.4 Å². The maximum Gasteiger partial charge on any atom is 0.416 e. The zero-order valence-electron chi connectivity index (χ0n) is 19.2. The molecule has 0 saturated carbocycles. The van der Waals surface area contributed by atoms with Gasteiger partial charge in [-0.3, -0.25) is 10.00 Å². The minimum atomic E-state index is -4.91. The average molecular weight is 531 g/mol. The molecular weight excluding hydrogens is 506 g/mol. The highest BCUT2D eigenvalue weighted by Gasteiger charge is 2.38. The van der Waals surface area contributed by atoms with E-state index in [0.29, 0.717) is 42.2 Å². The fourth-order valence-electron chi connectivity index (χ4n) is 4.46. The molecule has 36 heavy (non-hydrogen) atoms. The van der Waals surface area contributed by atoms with Crippen LogP contribution in [0.25, 0.3) is 0 Å². The van der Waals surface area contributed by atoms with Gasteiger partial charge in [0.2, 0.25) is 0 Å². The van der Waals surface area contributed by atoms with E-state index in [9.17, 15) is 26.3 Å². The monoisotopic (exact) mass is 530 g/mol. The van der Waals surface area contributed by atoms with Crippen molar-refractivity contribution in [3.8, 4) is 0 Å². The molecule has 4 rings (SSSR count). The second-order valence-corrected chi connectivity index (χ2v) is 9.12. The number of hydrogen-bond acceptors (Lipinski definition) is 4. The normalized spacial score (nSPS) is 19.5. The van der Waals surface area contributed by atoms with Gasteiger partial charge in [0.15, 0.2) is 4.77 Å². The fourth-order valence-corrected chi connectivity index (χ4v) is 4.61. The number of H-pyrrole nitrogens is 1. The molecule has 1 aromatic heterocycles. The van der Waals surface area contributed by atoms with Crippen LogP contribution in [0, 0.1) is 4.77 Å². The number of ether oxygens (including phenoxy) is 1. The molecule has 5 nitrogen and oxygen atoms in total. The summed E-state index contributed by atoms with van der Waals surface area (Å²) < 4.78 is 87.9. The first kappa shape index (κ1) is 26.4. The standard InChI is InChI=1S/C24H24F6N4OS/c1-33-20(31-32-22(33)36)13-34-9-5-8-19(21(34)16-6-3-2-4-7-16)35-14-15-10-17(23(25,26)27)12-18(11-15)24(28,29)30/h2-4,6-7,10-12,19,21H,5,8-9,13-14H2,1H3,(H,32,36)/t19-,21-/m1/s1. The van der Waals surface area contributed by atoms with Crippen LogP contribution in [-0.4, -0.2) is 32.3 Å². The van der Waals surface area contributed by atoms with E-state index >= 15 is 0 Å². The van der Waals surface area contributed by atoms with E-state index in [2.05, 4.69) is 15.1 Å². The van der Waals surface area contributed by atoms with Crippen LogP contribution < -0.4 is 0 Å². The first-order valence-electron chi connectivity index (χ1n) is 11.2. The maximum atomic E-state index is 13.3. The quantitative estimate of drug-likeness (QED) is 0.295. The van der Waals surface area contributed by atoms with Gasteiger partial charge in [-0.25, -0.2) is 0 Å². The maximum absolute atomic E-state index is 13.3. The Bertz CT molecular complexity index is 1210. The molecule has 1 aliphatic heterocycles. The number of benzene rings is 2. The van der Waals surface area contributed by atoms with Gasteiger partial charge in [0.25, 0.3) is 0 Å². The predicted octanol–water partition coefficient (Wildman–Crippen LogP) is 6.44. The van der Waals surface area contributed by atoms with Crippen LogP contribution in [0.4, 0.5) is 26.3 Å². The van der Waals surface area contributed by atoms with Crippen molar-refractivity contribution in [2.45, 2.75) is 50.5 Å². The summed E-state index contributed by atoms with van der Waals surface area (Å²) in [7, 11) is 1.79. The van der Waals surface area contributed by atoms with E-state index in [1.54, 1.807) is 11.6 Å². The number of likely N-dealkylation sites (tertiary alicyclic amines) is 1. The van der Waals surface area contributed by atoms with Crippen LogP contribution in [0.5, 0.6) is 0 Å². The Balaban J connectivity index is 1.61. The van der Waals surface area contributed by atoms with Crippen LogP contribution in [0.3, 0.4) is 0 Å². The molecule has 12 heteroatoms. The second-order valence-electron chi connectivity index (χ2n) is 8.74. The lowest BCUT2D eigenvalue weighted by atomic mass is 9.92. The highest BCUT2D eigenvalue weighted by Crippen LogP contribution is 2.38. The third-order valence-corrected chi connectivity index (χ3v) is 6.61. The van der Waals surface area contributed by atoms with Gasteiger partial charge in [0.1, 0.15) is 5.82 Å². The van der Waals surface area contributed by atoms with Crippen LogP contribution in [-0.2, 0) is 37.3 Å². The van der Waals surface area contributed by atoms with E-state index in [0.717, 1.165) is 12.0 Å². The molecule has 0 bridgehead atoms. The Hall–Kier alpha value is -2.70. The van der Waals surface area contributed by atoms with E-state index in [4.69, 9.17) is 17.0 Å². The third-order valence-electron chi connectivity index (χ3n) is 6.25. The number of nitrogens with zero attached hydrogens (tertiary/aromatic N) is 3.